The summed E-state index contributed by atoms with van der Waals surface area (Å²) < 4.78 is 11.3. The van der Waals surface area contributed by atoms with E-state index in [1.165, 1.54) is 44.4 Å². The van der Waals surface area contributed by atoms with E-state index < -0.39 is 0 Å². The van der Waals surface area contributed by atoms with Gasteiger partial charge in [0.2, 0.25) is 0 Å². The van der Waals surface area contributed by atoms with Gasteiger partial charge >= 0.3 is 0 Å². The van der Waals surface area contributed by atoms with Crippen LogP contribution in [-0.4, -0.2) is 61.0 Å². The number of rotatable bonds is 4. The minimum absolute atomic E-state index is 0.214. The van der Waals surface area contributed by atoms with E-state index in [9.17, 15) is 0 Å². The highest BCUT2D eigenvalue weighted by atomic mass is 32.2. The number of hydrogen-bond donors (Lipinski definition) is 0. The highest BCUT2D eigenvalue weighted by molar-refractivity contribution is 7.99. The lowest BCUT2D eigenvalue weighted by Crippen LogP contribution is -2.58. The predicted molar refractivity (Wildman–Crippen MR) is 79.9 cm³/mol. The lowest BCUT2D eigenvalue weighted by molar-refractivity contribution is -0.0676. The summed E-state index contributed by atoms with van der Waals surface area (Å²) >= 11 is 2.21. The Kier molecular flexibility index (Phi) is 5.07. The molecule has 19 heavy (non-hydrogen) atoms. The molecule has 3 nitrogen and oxygen atoms in total. The first-order valence-electron chi connectivity index (χ1n) is 7.91. The Labute approximate surface area is 121 Å². The van der Waals surface area contributed by atoms with Gasteiger partial charge in [-0.3, -0.25) is 4.90 Å². The summed E-state index contributed by atoms with van der Waals surface area (Å²) in [5.74, 6) is 1.28. The van der Waals surface area contributed by atoms with Crippen LogP contribution in [0.5, 0.6) is 0 Å². The average Bonchev–Trinajstić information content (AvgIpc) is 2.92. The number of ether oxygens (including phenoxy) is 2. The van der Waals surface area contributed by atoms with Gasteiger partial charge in [-0.05, 0) is 19.3 Å². The van der Waals surface area contributed by atoms with Gasteiger partial charge in [0.05, 0.1) is 25.4 Å². The monoisotopic (exact) mass is 285 g/mol. The first kappa shape index (κ1) is 14.2. The zero-order chi connectivity index (χ0) is 13.0. The molecule has 0 bridgehead atoms. The van der Waals surface area contributed by atoms with E-state index in [4.69, 9.17) is 9.47 Å². The molecule has 3 rings (SSSR count). The minimum atomic E-state index is 0.214. The molecule has 0 aromatic rings. The lowest BCUT2D eigenvalue weighted by atomic mass is 9.96. The van der Waals surface area contributed by atoms with Gasteiger partial charge in [0.25, 0.3) is 0 Å². The van der Waals surface area contributed by atoms with E-state index in [0.29, 0.717) is 0 Å². The molecule has 1 spiro atoms. The topological polar surface area (TPSA) is 21.7 Å². The largest absolute Gasteiger partial charge is 0.379 e. The van der Waals surface area contributed by atoms with Crippen molar-refractivity contribution in [3.63, 3.8) is 0 Å². The second-order valence-electron chi connectivity index (χ2n) is 6.20. The maximum absolute atomic E-state index is 5.71. The van der Waals surface area contributed by atoms with Gasteiger partial charge < -0.3 is 9.47 Å². The molecule has 110 valence electrons. The molecule has 1 saturated carbocycles. The Morgan fingerprint density at radius 3 is 2.63 bits per heavy atom. The molecule has 0 aromatic carbocycles. The normalized spacial score (nSPS) is 34.1. The first-order valence-corrected chi connectivity index (χ1v) is 8.96. The molecule has 0 radical (unpaired) electrons. The summed E-state index contributed by atoms with van der Waals surface area (Å²) in [5.41, 5.74) is 0.214. The van der Waals surface area contributed by atoms with Crippen molar-refractivity contribution >= 4 is 11.8 Å². The van der Waals surface area contributed by atoms with Crippen LogP contribution in [0.25, 0.3) is 0 Å². The Hall–Kier alpha value is 0.230. The average molecular weight is 285 g/mol. The Morgan fingerprint density at radius 1 is 1.05 bits per heavy atom. The van der Waals surface area contributed by atoms with E-state index >= 15 is 0 Å². The van der Waals surface area contributed by atoms with Crippen molar-refractivity contribution in [2.75, 3.05) is 45.3 Å². The fraction of sp³-hybridized carbons (Fsp3) is 1.00. The maximum Gasteiger partial charge on any atom is 0.0701 e. The van der Waals surface area contributed by atoms with Gasteiger partial charge in [0.15, 0.2) is 0 Å². The van der Waals surface area contributed by atoms with Crippen molar-refractivity contribution in [1.29, 1.82) is 0 Å². The molecule has 0 amide bonds. The van der Waals surface area contributed by atoms with Crippen molar-refractivity contribution in [2.24, 2.45) is 0 Å². The molecule has 0 N–H and O–H groups in total. The molecule has 0 aromatic heterocycles. The summed E-state index contributed by atoms with van der Waals surface area (Å²) in [6, 6.07) is 0. The van der Waals surface area contributed by atoms with Gasteiger partial charge in [-0.25, -0.2) is 0 Å². The van der Waals surface area contributed by atoms with E-state index in [1.807, 2.05) is 0 Å². The quantitative estimate of drug-likeness (QED) is 0.791. The lowest BCUT2D eigenvalue weighted by Gasteiger charge is -2.43. The summed E-state index contributed by atoms with van der Waals surface area (Å²) in [4.78, 5) is 2.65. The Morgan fingerprint density at radius 2 is 1.84 bits per heavy atom. The predicted octanol–water partition coefficient (Wildman–Crippen LogP) is 2.54. The summed E-state index contributed by atoms with van der Waals surface area (Å²) in [6.45, 7) is 5.87. The van der Waals surface area contributed by atoms with Gasteiger partial charge in [-0.15, -0.1) is 0 Å². The maximum atomic E-state index is 5.71. The van der Waals surface area contributed by atoms with Crippen LogP contribution in [0.15, 0.2) is 0 Å². The first-order chi connectivity index (χ1) is 9.39. The molecule has 4 heteroatoms. The summed E-state index contributed by atoms with van der Waals surface area (Å²) in [5, 5.41) is 0.936. The number of morpholine rings is 1. The molecule has 3 aliphatic rings. The fourth-order valence-corrected chi connectivity index (χ4v) is 4.96. The van der Waals surface area contributed by atoms with Gasteiger partial charge in [0, 0.05) is 30.7 Å². The summed E-state index contributed by atoms with van der Waals surface area (Å²) in [6.07, 6.45) is 8.41. The zero-order valence-corrected chi connectivity index (χ0v) is 12.8. The van der Waals surface area contributed by atoms with Crippen LogP contribution in [0.2, 0.25) is 0 Å². The second kappa shape index (κ2) is 6.79. The third-order valence-electron chi connectivity index (χ3n) is 4.90. The van der Waals surface area contributed by atoms with Crippen molar-refractivity contribution in [2.45, 2.75) is 49.3 Å². The van der Waals surface area contributed by atoms with E-state index in [2.05, 4.69) is 16.7 Å². The van der Waals surface area contributed by atoms with E-state index in [0.717, 1.165) is 44.6 Å². The Balaban J connectivity index is 1.45. The number of nitrogens with zero attached hydrogens (tertiary/aromatic N) is 1. The van der Waals surface area contributed by atoms with Gasteiger partial charge in [-0.2, -0.15) is 11.8 Å². The number of thioether (sulfide) groups is 1. The summed E-state index contributed by atoms with van der Waals surface area (Å²) in [7, 11) is 0. The van der Waals surface area contributed by atoms with Crippen LogP contribution in [0, 0.1) is 0 Å². The molecular formula is C15H27NO2S. The molecule has 2 aliphatic heterocycles. The van der Waals surface area contributed by atoms with Crippen LogP contribution in [0.1, 0.15) is 38.5 Å². The SMILES string of the molecule is C1CCC(SCCN2CCOCC23CCOC3)CC1. The third-order valence-corrected chi connectivity index (χ3v) is 6.26. The van der Waals surface area contributed by atoms with Crippen LogP contribution in [0.3, 0.4) is 0 Å². The molecular weight excluding hydrogens is 258 g/mol. The van der Waals surface area contributed by atoms with Crippen molar-refractivity contribution in [1.82, 2.24) is 4.90 Å². The highest BCUT2D eigenvalue weighted by Crippen LogP contribution is 2.31. The molecule has 3 fully saturated rings. The van der Waals surface area contributed by atoms with E-state index in [1.54, 1.807) is 0 Å². The van der Waals surface area contributed by atoms with Gasteiger partial charge in [-0.1, -0.05) is 19.3 Å². The molecule has 1 atom stereocenters. The molecule has 2 heterocycles. The molecule has 1 unspecified atom stereocenters. The van der Waals surface area contributed by atoms with Gasteiger partial charge in [0.1, 0.15) is 0 Å². The van der Waals surface area contributed by atoms with Crippen molar-refractivity contribution in [3.8, 4) is 0 Å². The third kappa shape index (κ3) is 3.46. The zero-order valence-electron chi connectivity index (χ0n) is 11.9. The molecule has 2 saturated heterocycles. The minimum Gasteiger partial charge on any atom is -0.379 e. The standard InChI is InChI=1S/C15H27NO2S/c1-2-4-14(5-3-1)19-11-8-16-7-10-18-13-15(16)6-9-17-12-15/h14H,1-13H2. The fourth-order valence-electron chi connectivity index (χ4n) is 3.64. The molecule has 1 aliphatic carbocycles. The van der Waals surface area contributed by atoms with Crippen molar-refractivity contribution in [3.05, 3.63) is 0 Å². The number of hydrogen-bond acceptors (Lipinski definition) is 4. The Bertz CT molecular complexity index is 275. The smallest absolute Gasteiger partial charge is 0.0701 e. The van der Waals surface area contributed by atoms with Crippen LogP contribution in [0.4, 0.5) is 0 Å². The van der Waals surface area contributed by atoms with Crippen LogP contribution in [-0.2, 0) is 9.47 Å². The van der Waals surface area contributed by atoms with Crippen molar-refractivity contribution < 1.29 is 9.47 Å². The highest BCUT2D eigenvalue weighted by Gasteiger charge is 2.42. The second-order valence-corrected chi connectivity index (χ2v) is 7.61. The van der Waals surface area contributed by atoms with Crippen LogP contribution >= 0.6 is 11.8 Å². The van der Waals surface area contributed by atoms with E-state index in [-0.39, 0.29) is 5.54 Å². The van der Waals surface area contributed by atoms with Crippen LogP contribution < -0.4 is 0 Å².